The number of benzene rings is 5. The fourth-order valence-electron chi connectivity index (χ4n) is 10.3. The van der Waals surface area contributed by atoms with E-state index in [1.54, 1.807) is 4.90 Å². The number of ether oxygens (including phenoxy) is 12. The average molecular weight is 1020 g/mol. The van der Waals surface area contributed by atoms with Crippen LogP contribution in [0.4, 0.5) is 0 Å². The highest BCUT2D eigenvalue weighted by Gasteiger charge is 2.63. The van der Waals surface area contributed by atoms with Crippen molar-refractivity contribution in [2.45, 2.75) is 153 Å². The Kier molecular flexibility index (Phi) is 17.4. The Bertz CT molecular complexity index is 2540. The van der Waals surface area contributed by atoms with Gasteiger partial charge in [0.1, 0.15) is 42.7 Å². The van der Waals surface area contributed by atoms with E-state index in [9.17, 15) is 9.59 Å². The van der Waals surface area contributed by atoms with E-state index in [-0.39, 0.29) is 58.5 Å². The van der Waals surface area contributed by atoms with Gasteiger partial charge in [-0.25, -0.2) is 4.79 Å². The molecule has 0 aromatic heterocycles. The first-order valence-electron chi connectivity index (χ1n) is 25.4. The van der Waals surface area contributed by atoms with Crippen LogP contribution in [0.1, 0.15) is 68.9 Å². The first kappa shape index (κ1) is 53.4. The molecule has 74 heavy (non-hydrogen) atoms. The molecule has 4 aliphatic heterocycles. The molecule has 0 aliphatic carbocycles. The number of methoxy groups -OCH3 is 1. The monoisotopic (exact) mass is 1020 g/mol. The van der Waals surface area contributed by atoms with Gasteiger partial charge in [0.15, 0.2) is 17.9 Å². The smallest absolute Gasteiger partial charge is 0.366 e. The Balaban J connectivity index is 1.16. The third kappa shape index (κ3) is 13.2. The van der Waals surface area contributed by atoms with E-state index in [0.717, 1.165) is 27.8 Å². The van der Waals surface area contributed by atoms with Gasteiger partial charge in [0.2, 0.25) is 5.91 Å². The van der Waals surface area contributed by atoms with Gasteiger partial charge < -0.3 is 61.7 Å². The van der Waals surface area contributed by atoms with Crippen LogP contribution < -0.4 is 0 Å². The third-order valence-corrected chi connectivity index (χ3v) is 13.7. The Morgan fingerprint density at radius 1 is 0.608 bits per heavy atom. The number of carbonyl (C=O) groups excluding carboxylic acids is 2. The largest absolute Gasteiger partial charge is 0.465 e. The lowest BCUT2D eigenvalue weighted by molar-refractivity contribution is -0.339. The van der Waals surface area contributed by atoms with Crippen molar-refractivity contribution >= 4 is 11.9 Å². The summed E-state index contributed by atoms with van der Waals surface area (Å²) in [5.41, 5.74) is 4.45. The molecule has 0 spiro atoms. The first-order chi connectivity index (χ1) is 35.8. The predicted octanol–water partition coefficient (Wildman–Crippen LogP) is 8.45. The molecule has 15 nitrogen and oxygen atoms in total. The summed E-state index contributed by atoms with van der Waals surface area (Å²) in [5, 5.41) is 0. The summed E-state index contributed by atoms with van der Waals surface area (Å²) in [6.07, 6.45) is -7.99. The number of fused-ring (bicyclic) bond motifs is 3. The molecule has 11 atom stereocenters. The van der Waals surface area contributed by atoms with Gasteiger partial charge in [-0.2, -0.15) is 0 Å². The molecule has 394 valence electrons. The van der Waals surface area contributed by atoms with Crippen LogP contribution in [0.2, 0.25) is 0 Å². The lowest BCUT2D eigenvalue weighted by Crippen LogP contribution is -2.69. The highest BCUT2D eigenvalue weighted by molar-refractivity contribution is 5.78. The minimum atomic E-state index is -2.20. The van der Waals surface area contributed by atoms with E-state index in [0.29, 0.717) is 0 Å². The Hall–Kier alpha value is -5.40. The molecule has 4 heterocycles. The van der Waals surface area contributed by atoms with Crippen LogP contribution in [0.15, 0.2) is 152 Å². The maximum Gasteiger partial charge on any atom is 0.366 e. The summed E-state index contributed by atoms with van der Waals surface area (Å²) in [7, 11) is 1.28. The fourth-order valence-corrected chi connectivity index (χ4v) is 10.3. The predicted molar refractivity (Wildman–Crippen MR) is 270 cm³/mol. The van der Waals surface area contributed by atoms with Gasteiger partial charge in [0.05, 0.1) is 58.9 Å². The van der Waals surface area contributed by atoms with Crippen molar-refractivity contribution in [3.63, 3.8) is 0 Å². The highest BCUT2D eigenvalue weighted by atomic mass is 16.9. The minimum absolute atomic E-state index is 0.0151. The van der Waals surface area contributed by atoms with E-state index in [4.69, 9.17) is 56.8 Å². The van der Waals surface area contributed by atoms with Crippen LogP contribution in [-0.4, -0.2) is 116 Å². The Labute approximate surface area is 434 Å². The zero-order valence-electron chi connectivity index (χ0n) is 43.0. The summed E-state index contributed by atoms with van der Waals surface area (Å²) < 4.78 is 79.9. The molecule has 4 aliphatic rings. The number of rotatable bonds is 22. The lowest BCUT2D eigenvalue weighted by atomic mass is 9.86. The van der Waals surface area contributed by atoms with Gasteiger partial charge >= 0.3 is 5.97 Å². The van der Waals surface area contributed by atoms with E-state index >= 15 is 0 Å². The Morgan fingerprint density at radius 3 is 1.68 bits per heavy atom. The number of nitrogens with zero attached hydrogens (tertiary/aromatic N) is 1. The summed E-state index contributed by atoms with van der Waals surface area (Å²) in [6.45, 7) is 9.35. The molecule has 5 aromatic carbocycles. The van der Waals surface area contributed by atoms with Crippen molar-refractivity contribution in [1.82, 2.24) is 4.90 Å². The zero-order chi connectivity index (χ0) is 51.7. The molecule has 1 amide bonds. The van der Waals surface area contributed by atoms with Crippen molar-refractivity contribution in [1.29, 1.82) is 0 Å². The average Bonchev–Trinajstić information content (AvgIpc) is 3.92. The maximum atomic E-state index is 15.0. The van der Waals surface area contributed by atoms with Gasteiger partial charge in [-0.1, -0.05) is 152 Å². The molecular weight excluding hydrogens is 947 g/mol. The molecule has 0 bridgehead atoms. The summed E-state index contributed by atoms with van der Waals surface area (Å²) in [5.74, 6) is -5.29. The molecule has 4 fully saturated rings. The van der Waals surface area contributed by atoms with Crippen molar-refractivity contribution in [3.05, 3.63) is 179 Å². The van der Waals surface area contributed by atoms with E-state index in [1.807, 2.05) is 179 Å². The van der Waals surface area contributed by atoms with Gasteiger partial charge in [-0.05, 0) is 55.5 Å². The molecule has 0 N–H and O–H groups in total. The Morgan fingerprint density at radius 2 is 1.11 bits per heavy atom. The molecule has 0 unspecified atom stereocenters. The summed E-state index contributed by atoms with van der Waals surface area (Å²) >= 11 is 0. The van der Waals surface area contributed by atoms with Crippen molar-refractivity contribution in [2.24, 2.45) is 0 Å². The topological polar surface area (TPSA) is 148 Å². The summed E-state index contributed by atoms with van der Waals surface area (Å²) in [4.78, 5) is 31.3. The normalized spacial score (nSPS) is 27.6. The SMILES string of the molecule is COC(=O)[C@@]1(OC[C@H]2O[C@@H]3OC(C)(C)O[C@@H]3[C@H]3OC(C)(C)O[C@H]32)C[C@H](OCc2ccccc2)[C@@H](N(Cc2ccccc2)C(C)=O)[C@H]([C@H](OCc2ccccc2)[C@@H](COCc2ccccc2)OCc2ccccc2)O1. The molecular formula is C59H69NO14. The molecule has 5 aromatic rings. The maximum absolute atomic E-state index is 15.0. The second-order valence-corrected chi connectivity index (χ2v) is 20.1. The van der Waals surface area contributed by atoms with Gasteiger partial charge in [-0.3, -0.25) is 4.79 Å². The number of amides is 1. The molecule has 0 saturated carbocycles. The molecule has 15 heteroatoms. The quantitative estimate of drug-likeness (QED) is 0.0611. The number of hydrogen-bond acceptors (Lipinski definition) is 14. The van der Waals surface area contributed by atoms with Crippen LogP contribution in [0.25, 0.3) is 0 Å². The molecule has 4 saturated heterocycles. The number of esters is 1. The second kappa shape index (κ2) is 24.1. The van der Waals surface area contributed by atoms with Crippen LogP contribution in [0.5, 0.6) is 0 Å². The van der Waals surface area contributed by atoms with Crippen molar-refractivity contribution in [3.8, 4) is 0 Å². The van der Waals surface area contributed by atoms with Gasteiger partial charge in [0, 0.05) is 19.9 Å². The van der Waals surface area contributed by atoms with E-state index in [2.05, 4.69) is 0 Å². The van der Waals surface area contributed by atoms with E-state index in [1.165, 1.54) is 14.0 Å². The van der Waals surface area contributed by atoms with E-state index < -0.39 is 84.5 Å². The number of carbonyl (C=O) groups is 2. The molecule has 9 rings (SSSR count). The third-order valence-electron chi connectivity index (χ3n) is 13.7. The standard InChI is InChI=1S/C59H69NO14/c1-40(61)60(33-41-22-12-7-13-23-41)49-46(65-35-43-26-16-9-17-27-43)32-59(56(62)63-6,68-39-48-51-53(71-57(2,3)70-51)54-55(69-48)74-58(4,5)72-54)73-52(49)50(67-37-45-30-20-11-21-31-45)47(66-36-44-28-18-10-19-29-44)38-64-34-42-24-14-8-15-25-42/h7-31,46-55H,32-39H2,1-6H3/t46-,47+,48+,49+,50+,51-,52+,53-,54+,55+,59+/m0/s1. The summed E-state index contributed by atoms with van der Waals surface area (Å²) in [6, 6.07) is 47.8. The first-order valence-corrected chi connectivity index (χ1v) is 25.4. The van der Waals surface area contributed by atoms with Gasteiger partial charge in [-0.15, -0.1) is 0 Å². The fraction of sp³-hybridized carbons (Fsp3) is 0.458. The number of hydrogen-bond donors (Lipinski definition) is 0. The van der Waals surface area contributed by atoms with Crippen molar-refractivity contribution < 1.29 is 66.4 Å². The van der Waals surface area contributed by atoms with Gasteiger partial charge in [0.25, 0.3) is 5.79 Å². The molecule has 0 radical (unpaired) electrons. The highest BCUT2D eigenvalue weighted by Crippen LogP contribution is 2.46. The van der Waals surface area contributed by atoms with Crippen LogP contribution in [0, 0.1) is 0 Å². The lowest BCUT2D eigenvalue weighted by Gasteiger charge is -2.52. The van der Waals surface area contributed by atoms with Crippen LogP contribution in [-0.2, 0) is 99.4 Å². The van der Waals surface area contributed by atoms with Crippen LogP contribution in [0.3, 0.4) is 0 Å². The van der Waals surface area contributed by atoms with Crippen LogP contribution >= 0.6 is 0 Å². The van der Waals surface area contributed by atoms with Crippen molar-refractivity contribution in [2.75, 3.05) is 20.3 Å². The zero-order valence-corrected chi connectivity index (χ0v) is 43.0. The second-order valence-electron chi connectivity index (χ2n) is 20.1. The minimum Gasteiger partial charge on any atom is -0.465 e.